The van der Waals surface area contributed by atoms with Crippen molar-refractivity contribution in [3.63, 3.8) is 0 Å². The highest BCUT2D eigenvalue weighted by atomic mass is 35.5. The van der Waals surface area contributed by atoms with Crippen LogP contribution in [0.3, 0.4) is 0 Å². The number of piperazine rings is 1. The van der Waals surface area contributed by atoms with Gasteiger partial charge in [0.25, 0.3) is 0 Å². The molecule has 0 saturated carbocycles. The molecule has 2 aromatic carbocycles. The Morgan fingerprint density at radius 1 is 0.933 bits per heavy atom. The zero-order valence-corrected chi connectivity index (χ0v) is 17.8. The Labute approximate surface area is 182 Å². The number of nitrogens with zero attached hydrogens (tertiary/aromatic N) is 2. The van der Waals surface area contributed by atoms with Crippen LogP contribution in [0.5, 0.6) is 5.75 Å². The predicted molar refractivity (Wildman–Crippen MR) is 119 cm³/mol. The van der Waals surface area contributed by atoms with Crippen molar-refractivity contribution in [3.05, 3.63) is 59.6 Å². The lowest BCUT2D eigenvalue weighted by atomic mass is 10.2. The van der Waals surface area contributed by atoms with Crippen molar-refractivity contribution in [2.45, 2.75) is 19.3 Å². The number of amides is 2. The number of halogens is 1. The van der Waals surface area contributed by atoms with Crippen LogP contribution in [-0.2, 0) is 9.59 Å². The van der Waals surface area contributed by atoms with Crippen molar-refractivity contribution < 1.29 is 14.3 Å². The van der Waals surface area contributed by atoms with Crippen LogP contribution in [0.25, 0.3) is 0 Å². The van der Waals surface area contributed by atoms with Crippen molar-refractivity contribution in [3.8, 4) is 5.75 Å². The van der Waals surface area contributed by atoms with Crippen LogP contribution >= 0.6 is 11.6 Å². The largest absolute Gasteiger partial charge is 0.493 e. The van der Waals surface area contributed by atoms with Crippen molar-refractivity contribution in [1.29, 1.82) is 0 Å². The molecule has 7 heteroatoms. The normalized spacial score (nSPS) is 13.8. The summed E-state index contributed by atoms with van der Waals surface area (Å²) in [4.78, 5) is 28.5. The van der Waals surface area contributed by atoms with Gasteiger partial charge in [0, 0.05) is 49.9 Å². The summed E-state index contributed by atoms with van der Waals surface area (Å²) in [5, 5.41) is 3.49. The van der Waals surface area contributed by atoms with Crippen LogP contribution in [0.15, 0.2) is 54.6 Å². The fraction of sp³-hybridized carbons (Fsp3) is 0.391. The summed E-state index contributed by atoms with van der Waals surface area (Å²) in [6.07, 6.45) is 1.37. The molecule has 1 fully saturated rings. The van der Waals surface area contributed by atoms with E-state index in [9.17, 15) is 9.59 Å². The van der Waals surface area contributed by atoms with Gasteiger partial charge in [-0.1, -0.05) is 29.8 Å². The lowest BCUT2D eigenvalue weighted by Gasteiger charge is -2.36. The van der Waals surface area contributed by atoms with Crippen LogP contribution in [0.4, 0.5) is 5.69 Å². The van der Waals surface area contributed by atoms with Crippen molar-refractivity contribution >= 4 is 29.1 Å². The molecule has 1 heterocycles. The van der Waals surface area contributed by atoms with Gasteiger partial charge in [0.1, 0.15) is 5.75 Å². The summed E-state index contributed by atoms with van der Waals surface area (Å²) >= 11 is 5.82. The van der Waals surface area contributed by atoms with Crippen molar-refractivity contribution in [2.75, 3.05) is 44.2 Å². The molecule has 0 radical (unpaired) electrons. The summed E-state index contributed by atoms with van der Waals surface area (Å²) < 4.78 is 5.51. The van der Waals surface area contributed by atoms with E-state index in [0.717, 1.165) is 26.2 Å². The summed E-state index contributed by atoms with van der Waals surface area (Å²) in [5.41, 5.74) is 1.20. The van der Waals surface area contributed by atoms with E-state index in [4.69, 9.17) is 16.3 Å². The van der Waals surface area contributed by atoms with Gasteiger partial charge in [0.15, 0.2) is 0 Å². The van der Waals surface area contributed by atoms with E-state index in [1.165, 1.54) is 5.69 Å². The van der Waals surface area contributed by atoms with E-state index in [2.05, 4.69) is 22.3 Å². The van der Waals surface area contributed by atoms with E-state index in [1.54, 1.807) is 24.3 Å². The molecule has 0 aliphatic carbocycles. The van der Waals surface area contributed by atoms with Gasteiger partial charge in [-0.25, -0.2) is 0 Å². The number of carbonyl (C=O) groups is 2. The maximum atomic E-state index is 12.4. The Hall–Kier alpha value is -2.73. The summed E-state index contributed by atoms with van der Waals surface area (Å²) in [7, 11) is 0. The molecule has 2 aromatic rings. The maximum Gasteiger partial charge on any atom is 0.223 e. The number of ether oxygens (including phenoxy) is 1. The van der Waals surface area contributed by atoms with Crippen LogP contribution in [0.2, 0.25) is 5.02 Å². The quantitative estimate of drug-likeness (QED) is 0.621. The summed E-state index contributed by atoms with van der Waals surface area (Å²) in [5.74, 6) is 0.765. The van der Waals surface area contributed by atoms with Gasteiger partial charge >= 0.3 is 0 Å². The molecular weight excluding hydrogens is 402 g/mol. The molecule has 0 unspecified atom stereocenters. The lowest BCUT2D eigenvalue weighted by molar-refractivity contribution is -0.131. The van der Waals surface area contributed by atoms with Gasteiger partial charge in [-0.2, -0.15) is 0 Å². The molecule has 6 nitrogen and oxygen atoms in total. The van der Waals surface area contributed by atoms with E-state index < -0.39 is 0 Å². The standard InChI is InChI=1S/C23H28ClN3O3/c24-19-8-10-21(11-9-19)30-18-12-22(28)25-13-4-7-23(29)27-16-14-26(15-17-27)20-5-2-1-3-6-20/h1-3,5-6,8-11H,4,7,12-18H2,(H,25,28). The molecule has 1 N–H and O–H groups in total. The average molecular weight is 430 g/mol. The zero-order chi connectivity index (χ0) is 21.2. The first kappa shape index (κ1) is 22.0. The third kappa shape index (κ3) is 6.95. The van der Waals surface area contributed by atoms with Crippen molar-refractivity contribution in [1.82, 2.24) is 10.2 Å². The minimum atomic E-state index is -0.0760. The number of carbonyl (C=O) groups excluding carboxylic acids is 2. The summed E-state index contributed by atoms with van der Waals surface area (Å²) in [6.45, 7) is 3.97. The van der Waals surface area contributed by atoms with Gasteiger partial charge in [0.2, 0.25) is 11.8 Å². The van der Waals surface area contributed by atoms with Gasteiger partial charge in [-0.15, -0.1) is 0 Å². The number of nitrogens with one attached hydrogen (secondary N) is 1. The Morgan fingerprint density at radius 3 is 2.33 bits per heavy atom. The minimum Gasteiger partial charge on any atom is -0.493 e. The van der Waals surface area contributed by atoms with Crippen LogP contribution < -0.4 is 15.0 Å². The maximum absolute atomic E-state index is 12.4. The van der Waals surface area contributed by atoms with Gasteiger partial charge in [0.05, 0.1) is 13.0 Å². The zero-order valence-electron chi connectivity index (χ0n) is 17.1. The number of para-hydroxylation sites is 1. The Morgan fingerprint density at radius 2 is 1.63 bits per heavy atom. The second-order valence-corrected chi connectivity index (χ2v) is 7.65. The Kier molecular flexibility index (Phi) is 8.39. The molecule has 2 amide bonds. The number of hydrogen-bond donors (Lipinski definition) is 1. The molecule has 160 valence electrons. The first-order valence-corrected chi connectivity index (χ1v) is 10.7. The smallest absolute Gasteiger partial charge is 0.223 e. The number of anilines is 1. The van der Waals surface area contributed by atoms with Gasteiger partial charge in [-0.05, 0) is 42.8 Å². The highest BCUT2D eigenvalue weighted by molar-refractivity contribution is 6.30. The fourth-order valence-electron chi connectivity index (χ4n) is 3.36. The lowest BCUT2D eigenvalue weighted by Crippen LogP contribution is -2.48. The van der Waals surface area contributed by atoms with E-state index in [1.807, 2.05) is 23.1 Å². The third-order valence-electron chi connectivity index (χ3n) is 5.05. The SMILES string of the molecule is O=C(CCOc1ccc(Cl)cc1)NCCCC(=O)N1CCN(c2ccccc2)CC1. The number of rotatable bonds is 9. The second-order valence-electron chi connectivity index (χ2n) is 7.21. The van der Waals surface area contributed by atoms with Crippen molar-refractivity contribution in [2.24, 2.45) is 0 Å². The van der Waals surface area contributed by atoms with Gasteiger partial charge in [-0.3, -0.25) is 9.59 Å². The van der Waals surface area contributed by atoms with E-state index >= 15 is 0 Å². The highest BCUT2D eigenvalue weighted by Gasteiger charge is 2.20. The molecule has 0 aromatic heterocycles. The topological polar surface area (TPSA) is 61.9 Å². The molecular formula is C23H28ClN3O3. The molecule has 1 aliphatic heterocycles. The predicted octanol–water partition coefficient (Wildman–Crippen LogP) is 3.35. The first-order chi connectivity index (χ1) is 14.6. The number of benzene rings is 2. The van der Waals surface area contributed by atoms with Gasteiger partial charge < -0.3 is 19.9 Å². The summed E-state index contributed by atoms with van der Waals surface area (Å²) in [6, 6.07) is 17.3. The first-order valence-electron chi connectivity index (χ1n) is 10.3. The van der Waals surface area contributed by atoms with Crippen LogP contribution in [0.1, 0.15) is 19.3 Å². The Balaban J connectivity index is 1.25. The van der Waals surface area contributed by atoms with E-state index in [0.29, 0.717) is 36.8 Å². The molecule has 0 bridgehead atoms. The minimum absolute atomic E-state index is 0.0760. The highest BCUT2D eigenvalue weighted by Crippen LogP contribution is 2.16. The fourth-order valence-corrected chi connectivity index (χ4v) is 3.49. The molecule has 30 heavy (non-hydrogen) atoms. The van der Waals surface area contributed by atoms with E-state index in [-0.39, 0.29) is 18.2 Å². The second kappa shape index (κ2) is 11.5. The molecule has 1 saturated heterocycles. The van der Waals surface area contributed by atoms with Crippen LogP contribution in [-0.4, -0.2) is 56.0 Å². The monoisotopic (exact) mass is 429 g/mol. The number of hydrogen-bond acceptors (Lipinski definition) is 4. The third-order valence-corrected chi connectivity index (χ3v) is 5.31. The van der Waals surface area contributed by atoms with Crippen LogP contribution in [0, 0.1) is 0 Å². The molecule has 3 rings (SSSR count). The average Bonchev–Trinajstić information content (AvgIpc) is 2.78. The molecule has 0 atom stereocenters. The molecule has 0 spiro atoms. The Bertz CT molecular complexity index is 806. The molecule has 1 aliphatic rings.